The second kappa shape index (κ2) is 7.66. The molecule has 3 rings (SSSR count). The first-order valence-electron chi connectivity index (χ1n) is 8.50. The number of carbonyl (C=O) groups excluding carboxylic acids is 1. The Bertz CT molecular complexity index is 1200. The van der Waals surface area contributed by atoms with Crippen LogP contribution in [0.5, 0.6) is 17.2 Å². The highest BCUT2D eigenvalue weighted by molar-refractivity contribution is 6.08. The van der Waals surface area contributed by atoms with Gasteiger partial charge < -0.3 is 19.5 Å². The number of methoxy groups -OCH3 is 3. The Morgan fingerprint density at radius 3 is 2.17 bits per heavy atom. The fourth-order valence-corrected chi connectivity index (χ4v) is 3.00. The van der Waals surface area contributed by atoms with Crippen LogP contribution in [0.15, 0.2) is 34.0 Å². The summed E-state index contributed by atoms with van der Waals surface area (Å²) in [5, 5.41) is 2.82. The molecule has 0 aliphatic rings. The summed E-state index contributed by atoms with van der Waals surface area (Å²) in [6, 6.07) is 4.48. The standard InChI is InChI=1S/C19H20N4O6/c1-22-16-14(18(25)23(2)19(22)26)11(6-7-20-16)21-17(24)10-8-12(27-3)15(29-5)13(9-10)28-4/h6-9H,1-5H3,(H,20,21,24). The highest BCUT2D eigenvalue weighted by Crippen LogP contribution is 2.38. The second-order valence-electron chi connectivity index (χ2n) is 6.13. The predicted octanol–water partition coefficient (Wildman–Crippen LogP) is 0.910. The van der Waals surface area contributed by atoms with E-state index < -0.39 is 17.2 Å². The van der Waals surface area contributed by atoms with Crippen molar-refractivity contribution in [2.24, 2.45) is 14.1 Å². The summed E-state index contributed by atoms with van der Waals surface area (Å²) in [6.07, 6.45) is 1.41. The summed E-state index contributed by atoms with van der Waals surface area (Å²) in [5.74, 6) is 0.474. The van der Waals surface area contributed by atoms with Crippen molar-refractivity contribution in [3.63, 3.8) is 0 Å². The number of hydrogen-bond donors (Lipinski definition) is 1. The van der Waals surface area contributed by atoms with Gasteiger partial charge in [0.05, 0.1) is 27.0 Å². The Hall–Kier alpha value is -3.82. The first kappa shape index (κ1) is 19.9. The quantitative estimate of drug-likeness (QED) is 0.677. The molecule has 0 spiro atoms. The van der Waals surface area contributed by atoms with Gasteiger partial charge in [0.1, 0.15) is 5.39 Å². The van der Waals surface area contributed by atoms with Gasteiger partial charge in [-0.15, -0.1) is 0 Å². The molecule has 0 saturated heterocycles. The number of aryl methyl sites for hydroxylation is 1. The topological polar surface area (TPSA) is 114 Å². The minimum absolute atomic E-state index is 0.123. The largest absolute Gasteiger partial charge is 0.493 e. The second-order valence-corrected chi connectivity index (χ2v) is 6.13. The lowest BCUT2D eigenvalue weighted by atomic mass is 10.1. The van der Waals surface area contributed by atoms with Crippen LogP contribution in [0.4, 0.5) is 5.69 Å². The van der Waals surface area contributed by atoms with Crippen LogP contribution in [0.25, 0.3) is 11.0 Å². The van der Waals surface area contributed by atoms with E-state index in [0.717, 1.165) is 4.57 Å². The summed E-state index contributed by atoms with van der Waals surface area (Å²) in [7, 11) is 7.21. The number of nitrogens with zero attached hydrogens (tertiary/aromatic N) is 3. The Morgan fingerprint density at radius 1 is 1.00 bits per heavy atom. The first-order valence-corrected chi connectivity index (χ1v) is 8.50. The van der Waals surface area contributed by atoms with Gasteiger partial charge in [-0.1, -0.05) is 0 Å². The normalized spacial score (nSPS) is 10.7. The SMILES string of the molecule is COc1cc(C(=O)Nc2ccnc3c2c(=O)n(C)c(=O)n3C)cc(OC)c1OC. The van der Waals surface area contributed by atoms with E-state index in [1.165, 1.54) is 64.4 Å². The molecule has 152 valence electrons. The molecule has 1 amide bonds. The van der Waals surface area contributed by atoms with Crippen molar-refractivity contribution in [3.8, 4) is 17.2 Å². The van der Waals surface area contributed by atoms with E-state index in [0.29, 0.717) is 17.2 Å². The molecule has 0 aliphatic heterocycles. The molecule has 1 N–H and O–H groups in total. The number of nitrogens with one attached hydrogen (secondary N) is 1. The lowest BCUT2D eigenvalue weighted by molar-refractivity contribution is 0.102. The van der Waals surface area contributed by atoms with Crippen molar-refractivity contribution in [1.29, 1.82) is 0 Å². The molecule has 0 unspecified atom stereocenters. The summed E-state index contributed by atoms with van der Waals surface area (Å²) >= 11 is 0. The molecule has 10 heteroatoms. The molecule has 3 aromatic rings. The Morgan fingerprint density at radius 2 is 1.62 bits per heavy atom. The number of anilines is 1. The maximum atomic E-state index is 12.9. The Labute approximate surface area is 165 Å². The fourth-order valence-electron chi connectivity index (χ4n) is 3.00. The third-order valence-electron chi connectivity index (χ3n) is 4.52. The van der Waals surface area contributed by atoms with Gasteiger partial charge >= 0.3 is 5.69 Å². The van der Waals surface area contributed by atoms with Crippen LogP contribution in [0.2, 0.25) is 0 Å². The van der Waals surface area contributed by atoms with E-state index >= 15 is 0 Å². The van der Waals surface area contributed by atoms with Crippen LogP contribution in [-0.2, 0) is 14.1 Å². The van der Waals surface area contributed by atoms with Crippen molar-refractivity contribution < 1.29 is 19.0 Å². The molecular formula is C19H20N4O6. The number of fused-ring (bicyclic) bond motifs is 1. The van der Waals surface area contributed by atoms with Crippen LogP contribution < -0.4 is 30.8 Å². The van der Waals surface area contributed by atoms with Crippen LogP contribution in [0.3, 0.4) is 0 Å². The van der Waals surface area contributed by atoms with Crippen molar-refractivity contribution in [1.82, 2.24) is 14.1 Å². The van der Waals surface area contributed by atoms with E-state index in [1.54, 1.807) is 0 Å². The third kappa shape index (κ3) is 3.28. The average Bonchev–Trinajstić information content (AvgIpc) is 2.74. The molecule has 0 fully saturated rings. The van der Waals surface area contributed by atoms with Crippen molar-refractivity contribution in [2.45, 2.75) is 0 Å². The third-order valence-corrected chi connectivity index (χ3v) is 4.52. The minimum atomic E-state index is -0.559. The van der Waals surface area contributed by atoms with Crippen LogP contribution in [-0.4, -0.2) is 41.4 Å². The number of aromatic nitrogens is 3. The molecule has 1 aromatic carbocycles. The minimum Gasteiger partial charge on any atom is -0.493 e. The van der Waals surface area contributed by atoms with Gasteiger partial charge in [0.15, 0.2) is 17.1 Å². The molecule has 0 aliphatic carbocycles. The van der Waals surface area contributed by atoms with Gasteiger partial charge in [-0.25, -0.2) is 9.78 Å². The van der Waals surface area contributed by atoms with E-state index in [-0.39, 0.29) is 22.3 Å². The van der Waals surface area contributed by atoms with Crippen LogP contribution in [0.1, 0.15) is 10.4 Å². The number of amides is 1. The van der Waals surface area contributed by atoms with Gasteiger partial charge in [-0.2, -0.15) is 0 Å². The van der Waals surface area contributed by atoms with Gasteiger partial charge in [-0.3, -0.25) is 18.7 Å². The van der Waals surface area contributed by atoms with E-state index in [4.69, 9.17) is 14.2 Å². The van der Waals surface area contributed by atoms with Crippen LogP contribution >= 0.6 is 0 Å². The van der Waals surface area contributed by atoms with Gasteiger partial charge in [0.25, 0.3) is 11.5 Å². The molecule has 29 heavy (non-hydrogen) atoms. The Kier molecular flexibility index (Phi) is 5.26. The van der Waals surface area contributed by atoms with Crippen molar-refractivity contribution >= 4 is 22.6 Å². The number of hydrogen-bond acceptors (Lipinski definition) is 7. The maximum Gasteiger partial charge on any atom is 0.332 e. The van der Waals surface area contributed by atoms with E-state index in [2.05, 4.69) is 10.3 Å². The predicted molar refractivity (Wildman–Crippen MR) is 106 cm³/mol. The summed E-state index contributed by atoms with van der Waals surface area (Å²) in [4.78, 5) is 41.7. The molecule has 0 bridgehead atoms. The van der Waals surface area contributed by atoms with Gasteiger partial charge in [0.2, 0.25) is 5.75 Å². The lowest BCUT2D eigenvalue weighted by Crippen LogP contribution is -2.37. The monoisotopic (exact) mass is 400 g/mol. The number of pyridine rings is 1. The lowest BCUT2D eigenvalue weighted by Gasteiger charge is -2.15. The molecular weight excluding hydrogens is 380 g/mol. The smallest absolute Gasteiger partial charge is 0.332 e. The molecule has 2 heterocycles. The fraction of sp³-hybridized carbons (Fsp3) is 0.263. The summed E-state index contributed by atoms with van der Waals surface area (Å²) < 4.78 is 18.0. The first-order chi connectivity index (χ1) is 13.8. The molecule has 10 nitrogen and oxygen atoms in total. The molecule has 2 aromatic heterocycles. The highest BCUT2D eigenvalue weighted by atomic mass is 16.5. The van der Waals surface area contributed by atoms with Crippen molar-refractivity contribution in [3.05, 3.63) is 50.8 Å². The van der Waals surface area contributed by atoms with E-state index in [1.807, 2.05) is 0 Å². The zero-order chi connectivity index (χ0) is 21.3. The number of rotatable bonds is 5. The van der Waals surface area contributed by atoms with Crippen LogP contribution in [0, 0.1) is 0 Å². The number of carbonyl (C=O) groups is 1. The van der Waals surface area contributed by atoms with Gasteiger partial charge in [-0.05, 0) is 18.2 Å². The molecule has 0 atom stereocenters. The maximum absolute atomic E-state index is 12.9. The Balaban J connectivity index is 2.12. The van der Waals surface area contributed by atoms with Crippen molar-refractivity contribution in [2.75, 3.05) is 26.6 Å². The summed E-state index contributed by atoms with van der Waals surface area (Å²) in [5.41, 5.74) is -0.448. The highest BCUT2D eigenvalue weighted by Gasteiger charge is 2.19. The zero-order valence-electron chi connectivity index (χ0n) is 16.6. The van der Waals surface area contributed by atoms with E-state index in [9.17, 15) is 14.4 Å². The average molecular weight is 400 g/mol. The van der Waals surface area contributed by atoms with Gasteiger partial charge in [0, 0.05) is 25.9 Å². The number of benzene rings is 1. The molecule has 0 radical (unpaired) electrons. The molecule has 0 saturated carbocycles. The summed E-state index contributed by atoms with van der Waals surface area (Å²) in [6.45, 7) is 0. The number of ether oxygens (including phenoxy) is 3. The zero-order valence-corrected chi connectivity index (χ0v) is 16.6.